The smallest absolute Gasteiger partial charge is 0.258 e. The molecule has 0 heterocycles. The fraction of sp³-hybridized carbons (Fsp3) is 0.385. The van der Waals surface area contributed by atoms with Crippen LogP contribution < -0.4 is 15.4 Å². The number of carbonyl (C=O) groups excluding carboxylic acids is 2. The average molecular weight is 303 g/mol. The van der Waals surface area contributed by atoms with Gasteiger partial charge in [-0.3, -0.25) is 9.59 Å². The Morgan fingerprint density at radius 1 is 1.30 bits per heavy atom. The highest BCUT2D eigenvalue weighted by atomic mass is 35.5. The molecule has 0 fully saturated rings. The van der Waals surface area contributed by atoms with Gasteiger partial charge in [-0.1, -0.05) is 18.5 Å². The number of nitrogens with one attached hydrogen (secondary N) is 2. The van der Waals surface area contributed by atoms with Crippen LogP contribution in [0.1, 0.15) is 13.3 Å². The van der Waals surface area contributed by atoms with Crippen LogP contribution in [-0.4, -0.2) is 31.5 Å². The molecule has 1 rings (SSSR count). The molecule has 2 N–H and O–H groups in total. The Labute approximate surface area is 121 Å². The van der Waals surface area contributed by atoms with Crippen molar-refractivity contribution >= 4 is 23.4 Å². The van der Waals surface area contributed by atoms with Crippen LogP contribution in [0, 0.1) is 5.82 Å². The molecule has 20 heavy (non-hydrogen) atoms. The van der Waals surface area contributed by atoms with Gasteiger partial charge in [-0.2, -0.15) is 0 Å². The van der Waals surface area contributed by atoms with Crippen LogP contribution in [-0.2, 0) is 9.59 Å². The summed E-state index contributed by atoms with van der Waals surface area (Å²) in [6.07, 6.45) is 0.828. The van der Waals surface area contributed by atoms with E-state index >= 15 is 0 Å². The molecule has 110 valence electrons. The Hall–Kier alpha value is -1.82. The average Bonchev–Trinajstić information content (AvgIpc) is 2.44. The Balaban J connectivity index is 2.29. The molecule has 0 bridgehead atoms. The van der Waals surface area contributed by atoms with Crippen molar-refractivity contribution in [2.45, 2.75) is 13.3 Å². The quantitative estimate of drug-likeness (QED) is 0.802. The van der Waals surface area contributed by atoms with Gasteiger partial charge in [-0.05, 0) is 18.6 Å². The van der Waals surface area contributed by atoms with Gasteiger partial charge in [-0.25, -0.2) is 4.39 Å². The van der Waals surface area contributed by atoms with E-state index in [1.54, 1.807) is 0 Å². The number of hydrogen-bond donors (Lipinski definition) is 2. The van der Waals surface area contributed by atoms with Gasteiger partial charge in [-0.15, -0.1) is 0 Å². The van der Waals surface area contributed by atoms with Crippen LogP contribution >= 0.6 is 11.6 Å². The molecule has 1 aromatic rings. The van der Waals surface area contributed by atoms with Gasteiger partial charge < -0.3 is 15.4 Å². The number of carbonyl (C=O) groups is 2. The number of benzene rings is 1. The predicted octanol–water partition coefficient (Wildman–Crippen LogP) is 1.50. The van der Waals surface area contributed by atoms with E-state index in [2.05, 4.69) is 10.6 Å². The summed E-state index contributed by atoms with van der Waals surface area (Å²) in [7, 11) is 0. The lowest BCUT2D eigenvalue weighted by molar-refractivity contribution is -0.127. The second kappa shape index (κ2) is 8.37. The largest absolute Gasteiger partial charge is 0.484 e. The Morgan fingerprint density at radius 3 is 2.70 bits per heavy atom. The van der Waals surface area contributed by atoms with Gasteiger partial charge in [0.05, 0.1) is 11.6 Å². The van der Waals surface area contributed by atoms with Crippen molar-refractivity contribution < 1.29 is 18.7 Å². The predicted molar refractivity (Wildman–Crippen MR) is 73.2 cm³/mol. The molecule has 0 aliphatic rings. The Bertz CT molecular complexity index is 483. The maximum Gasteiger partial charge on any atom is 0.258 e. The molecule has 0 radical (unpaired) electrons. The van der Waals surface area contributed by atoms with Crippen molar-refractivity contribution in [1.29, 1.82) is 0 Å². The molecule has 0 aliphatic heterocycles. The lowest BCUT2D eigenvalue weighted by Gasteiger charge is -2.08. The fourth-order valence-corrected chi connectivity index (χ4v) is 1.44. The second-order valence-corrected chi connectivity index (χ2v) is 4.40. The number of ether oxygens (including phenoxy) is 1. The minimum atomic E-state index is -0.559. The molecular weight excluding hydrogens is 287 g/mol. The zero-order valence-electron chi connectivity index (χ0n) is 11.0. The van der Waals surface area contributed by atoms with Gasteiger partial charge in [0, 0.05) is 12.6 Å². The normalized spacial score (nSPS) is 9.95. The number of hydrogen-bond acceptors (Lipinski definition) is 3. The summed E-state index contributed by atoms with van der Waals surface area (Å²) in [5.41, 5.74) is 0. The van der Waals surface area contributed by atoms with Crippen LogP contribution in [0.5, 0.6) is 5.75 Å². The van der Waals surface area contributed by atoms with E-state index in [1.165, 1.54) is 12.1 Å². The first-order valence-electron chi connectivity index (χ1n) is 6.14. The molecule has 0 saturated carbocycles. The summed E-state index contributed by atoms with van der Waals surface area (Å²) in [5.74, 6) is -0.986. The third kappa shape index (κ3) is 5.88. The van der Waals surface area contributed by atoms with E-state index in [9.17, 15) is 14.0 Å². The number of rotatable bonds is 7. The van der Waals surface area contributed by atoms with Gasteiger partial charge in [0.1, 0.15) is 11.6 Å². The molecule has 5 nitrogen and oxygen atoms in total. The highest BCUT2D eigenvalue weighted by Crippen LogP contribution is 2.20. The first-order chi connectivity index (χ1) is 9.52. The standard InChI is InChI=1S/C13H16ClFN2O3/c1-2-5-16-12(18)7-17-13(19)8-20-9-3-4-11(15)10(14)6-9/h3-4,6H,2,5,7-8H2,1H3,(H,16,18)(H,17,19). The zero-order chi connectivity index (χ0) is 15.0. The van der Waals surface area contributed by atoms with Crippen LogP contribution in [0.25, 0.3) is 0 Å². The maximum absolute atomic E-state index is 12.9. The molecule has 1 aromatic carbocycles. The summed E-state index contributed by atoms with van der Waals surface area (Å²) in [4.78, 5) is 22.7. The van der Waals surface area contributed by atoms with E-state index in [-0.39, 0.29) is 29.8 Å². The minimum Gasteiger partial charge on any atom is -0.484 e. The molecule has 0 saturated heterocycles. The zero-order valence-corrected chi connectivity index (χ0v) is 11.8. The van der Waals surface area contributed by atoms with Crippen LogP contribution in [0.3, 0.4) is 0 Å². The van der Waals surface area contributed by atoms with Gasteiger partial charge >= 0.3 is 0 Å². The maximum atomic E-state index is 12.9. The molecule has 0 atom stereocenters. The molecule has 0 aliphatic carbocycles. The van der Waals surface area contributed by atoms with Crippen molar-refractivity contribution in [2.75, 3.05) is 19.7 Å². The Morgan fingerprint density at radius 2 is 2.05 bits per heavy atom. The minimum absolute atomic E-state index is 0.0816. The first-order valence-corrected chi connectivity index (χ1v) is 6.52. The van der Waals surface area contributed by atoms with Gasteiger partial charge in [0.15, 0.2) is 6.61 Å². The number of amides is 2. The van der Waals surface area contributed by atoms with Crippen molar-refractivity contribution in [2.24, 2.45) is 0 Å². The van der Waals surface area contributed by atoms with E-state index in [0.29, 0.717) is 6.54 Å². The van der Waals surface area contributed by atoms with E-state index < -0.39 is 11.7 Å². The molecular formula is C13H16ClFN2O3. The summed E-state index contributed by atoms with van der Waals surface area (Å²) in [6, 6.07) is 3.79. The summed E-state index contributed by atoms with van der Waals surface area (Å²) < 4.78 is 18.0. The summed E-state index contributed by atoms with van der Waals surface area (Å²) >= 11 is 5.57. The molecule has 0 unspecified atom stereocenters. The van der Waals surface area contributed by atoms with E-state index in [4.69, 9.17) is 16.3 Å². The van der Waals surface area contributed by atoms with Gasteiger partial charge in [0.25, 0.3) is 5.91 Å². The highest BCUT2D eigenvalue weighted by molar-refractivity contribution is 6.30. The third-order valence-electron chi connectivity index (χ3n) is 2.28. The van der Waals surface area contributed by atoms with E-state index in [1.807, 2.05) is 6.92 Å². The molecule has 0 aromatic heterocycles. The third-order valence-corrected chi connectivity index (χ3v) is 2.57. The molecule has 0 spiro atoms. The fourth-order valence-electron chi connectivity index (χ4n) is 1.27. The van der Waals surface area contributed by atoms with Gasteiger partial charge in [0.2, 0.25) is 5.91 Å². The lowest BCUT2D eigenvalue weighted by atomic mass is 10.3. The van der Waals surface area contributed by atoms with Crippen LogP contribution in [0.2, 0.25) is 5.02 Å². The molecule has 7 heteroatoms. The Kier molecular flexibility index (Phi) is 6.79. The first kappa shape index (κ1) is 16.2. The summed E-state index contributed by atoms with van der Waals surface area (Å²) in [6.45, 7) is 2.12. The van der Waals surface area contributed by atoms with Crippen LogP contribution in [0.4, 0.5) is 4.39 Å². The lowest BCUT2D eigenvalue weighted by Crippen LogP contribution is -2.39. The highest BCUT2D eigenvalue weighted by Gasteiger charge is 2.07. The van der Waals surface area contributed by atoms with Crippen LogP contribution in [0.15, 0.2) is 18.2 Å². The van der Waals surface area contributed by atoms with Crippen molar-refractivity contribution in [3.63, 3.8) is 0 Å². The topological polar surface area (TPSA) is 67.4 Å². The van der Waals surface area contributed by atoms with Crippen molar-refractivity contribution in [1.82, 2.24) is 10.6 Å². The van der Waals surface area contributed by atoms with E-state index in [0.717, 1.165) is 12.5 Å². The number of halogens is 2. The molecule has 2 amide bonds. The summed E-state index contributed by atoms with van der Waals surface area (Å²) in [5, 5.41) is 4.94. The SMILES string of the molecule is CCCNC(=O)CNC(=O)COc1ccc(F)c(Cl)c1. The van der Waals surface area contributed by atoms with Crippen molar-refractivity contribution in [3.8, 4) is 5.75 Å². The van der Waals surface area contributed by atoms with Crippen molar-refractivity contribution in [3.05, 3.63) is 29.0 Å². The monoisotopic (exact) mass is 302 g/mol. The second-order valence-electron chi connectivity index (χ2n) is 3.99.